The zero-order valence-electron chi connectivity index (χ0n) is 9.37. The molecule has 5 heteroatoms. The summed E-state index contributed by atoms with van der Waals surface area (Å²) >= 11 is 11.2. The third-order valence-corrected chi connectivity index (χ3v) is 4.69. The van der Waals surface area contributed by atoms with Crippen LogP contribution in [0.4, 0.5) is 0 Å². The lowest BCUT2D eigenvalue weighted by Gasteiger charge is -2.08. The highest BCUT2D eigenvalue weighted by molar-refractivity contribution is 9.10. The first-order chi connectivity index (χ1) is 8.08. The second kappa shape index (κ2) is 5.38. The molecule has 0 spiro atoms. The molecule has 0 atom stereocenters. The molecule has 0 aliphatic heterocycles. The van der Waals surface area contributed by atoms with E-state index in [0.29, 0.717) is 11.0 Å². The smallest absolute Gasteiger partial charge is 0.136 e. The quantitative estimate of drug-likeness (QED) is 0.749. The number of rotatable bonds is 2. The summed E-state index contributed by atoms with van der Waals surface area (Å²) in [4.78, 5) is 9.66. The van der Waals surface area contributed by atoms with Crippen LogP contribution in [0.5, 0.6) is 0 Å². The van der Waals surface area contributed by atoms with E-state index in [-0.39, 0.29) is 0 Å². The van der Waals surface area contributed by atoms with Gasteiger partial charge in [-0.1, -0.05) is 35.5 Å². The van der Waals surface area contributed by atoms with Gasteiger partial charge < -0.3 is 0 Å². The van der Waals surface area contributed by atoms with Crippen LogP contribution in [0.2, 0.25) is 5.15 Å². The number of aryl methyl sites for hydroxylation is 1. The first-order valence-electron chi connectivity index (χ1n) is 5.01. The summed E-state index contributed by atoms with van der Waals surface area (Å²) in [5.41, 5.74) is 0.915. The second-order valence-electron chi connectivity index (χ2n) is 3.52. The van der Waals surface area contributed by atoms with Gasteiger partial charge in [0.2, 0.25) is 0 Å². The molecule has 0 fully saturated rings. The monoisotopic (exact) mass is 328 g/mol. The van der Waals surface area contributed by atoms with Gasteiger partial charge in [-0.05, 0) is 41.9 Å². The number of hydrogen-bond acceptors (Lipinski definition) is 3. The lowest BCUT2D eigenvalue weighted by Crippen LogP contribution is -1.95. The van der Waals surface area contributed by atoms with Gasteiger partial charge in [-0.2, -0.15) is 0 Å². The van der Waals surface area contributed by atoms with Gasteiger partial charge in [-0.25, -0.2) is 9.97 Å². The molecule has 2 nitrogen and oxygen atoms in total. The molecule has 0 aliphatic carbocycles. The standard InChI is InChI=1S/C12H10BrClN2S/c1-7-11(14)15-8(2)16-12(7)17-10-6-4-3-5-9(10)13/h3-6H,1-2H3. The molecular formula is C12H10BrClN2S. The Kier molecular flexibility index (Phi) is 4.07. The molecule has 0 saturated carbocycles. The Hall–Kier alpha value is -0.580. The van der Waals surface area contributed by atoms with E-state index in [1.165, 1.54) is 0 Å². The topological polar surface area (TPSA) is 25.8 Å². The summed E-state index contributed by atoms with van der Waals surface area (Å²) < 4.78 is 1.05. The van der Waals surface area contributed by atoms with Gasteiger partial charge in [-0.3, -0.25) is 0 Å². The number of aromatic nitrogens is 2. The van der Waals surface area contributed by atoms with Crippen LogP contribution in [0.15, 0.2) is 38.7 Å². The predicted octanol–water partition coefficient (Wildman–Crippen LogP) is 4.66. The SMILES string of the molecule is Cc1nc(Cl)c(C)c(Sc2ccccc2Br)n1. The fraction of sp³-hybridized carbons (Fsp3) is 0.167. The van der Waals surface area contributed by atoms with Crippen molar-refractivity contribution < 1.29 is 0 Å². The van der Waals surface area contributed by atoms with Gasteiger partial charge >= 0.3 is 0 Å². The Bertz CT molecular complexity index is 560. The zero-order chi connectivity index (χ0) is 12.4. The largest absolute Gasteiger partial charge is 0.226 e. The summed E-state index contributed by atoms with van der Waals surface area (Å²) in [6, 6.07) is 8.03. The van der Waals surface area contributed by atoms with Crippen LogP contribution in [-0.4, -0.2) is 9.97 Å². The number of halogens is 2. The lowest BCUT2D eigenvalue weighted by atomic mass is 10.4. The van der Waals surface area contributed by atoms with E-state index < -0.39 is 0 Å². The van der Waals surface area contributed by atoms with Gasteiger partial charge in [0.1, 0.15) is 16.0 Å². The molecule has 0 unspecified atom stereocenters. The molecule has 2 aromatic rings. The molecular weight excluding hydrogens is 320 g/mol. The van der Waals surface area contributed by atoms with Crippen LogP contribution >= 0.6 is 39.3 Å². The molecule has 1 heterocycles. The van der Waals surface area contributed by atoms with Crippen LogP contribution in [0.3, 0.4) is 0 Å². The molecule has 2 rings (SSSR count). The molecule has 1 aromatic heterocycles. The highest BCUT2D eigenvalue weighted by Crippen LogP contribution is 2.35. The summed E-state index contributed by atoms with van der Waals surface area (Å²) in [7, 11) is 0. The molecule has 0 aliphatic rings. The first-order valence-corrected chi connectivity index (χ1v) is 7.00. The minimum absolute atomic E-state index is 0.520. The Morgan fingerprint density at radius 2 is 1.88 bits per heavy atom. The number of hydrogen-bond donors (Lipinski definition) is 0. The van der Waals surface area contributed by atoms with Crippen molar-refractivity contribution in [1.82, 2.24) is 9.97 Å². The molecule has 88 valence electrons. The van der Waals surface area contributed by atoms with E-state index in [1.54, 1.807) is 11.8 Å². The average Bonchev–Trinajstić information content (AvgIpc) is 2.28. The van der Waals surface area contributed by atoms with E-state index in [9.17, 15) is 0 Å². The highest BCUT2D eigenvalue weighted by Gasteiger charge is 2.10. The van der Waals surface area contributed by atoms with Crippen LogP contribution in [0.25, 0.3) is 0 Å². The van der Waals surface area contributed by atoms with E-state index >= 15 is 0 Å². The van der Waals surface area contributed by atoms with Crippen molar-refractivity contribution in [2.45, 2.75) is 23.8 Å². The van der Waals surface area contributed by atoms with Crippen molar-refractivity contribution in [1.29, 1.82) is 0 Å². The molecule has 0 bridgehead atoms. The maximum Gasteiger partial charge on any atom is 0.136 e. The Morgan fingerprint density at radius 1 is 1.18 bits per heavy atom. The van der Waals surface area contributed by atoms with Crippen molar-refractivity contribution in [3.8, 4) is 0 Å². The minimum Gasteiger partial charge on any atom is -0.226 e. The summed E-state index contributed by atoms with van der Waals surface area (Å²) in [5, 5.41) is 1.42. The van der Waals surface area contributed by atoms with Crippen molar-refractivity contribution in [2.75, 3.05) is 0 Å². The van der Waals surface area contributed by atoms with Crippen LogP contribution in [0.1, 0.15) is 11.4 Å². The highest BCUT2D eigenvalue weighted by atomic mass is 79.9. The maximum absolute atomic E-state index is 6.05. The average molecular weight is 330 g/mol. The fourth-order valence-electron chi connectivity index (χ4n) is 1.30. The van der Waals surface area contributed by atoms with Crippen molar-refractivity contribution in [3.05, 3.63) is 45.3 Å². The zero-order valence-corrected chi connectivity index (χ0v) is 12.5. The van der Waals surface area contributed by atoms with E-state index in [0.717, 1.165) is 20.0 Å². The van der Waals surface area contributed by atoms with E-state index in [4.69, 9.17) is 11.6 Å². The molecule has 17 heavy (non-hydrogen) atoms. The van der Waals surface area contributed by atoms with Crippen LogP contribution < -0.4 is 0 Å². The van der Waals surface area contributed by atoms with Gasteiger partial charge in [-0.15, -0.1) is 0 Å². The normalized spacial score (nSPS) is 10.6. The third kappa shape index (κ3) is 3.00. The van der Waals surface area contributed by atoms with Crippen LogP contribution in [-0.2, 0) is 0 Å². The molecule has 0 saturated heterocycles. The third-order valence-electron chi connectivity index (χ3n) is 2.20. The first kappa shape index (κ1) is 12.9. The lowest BCUT2D eigenvalue weighted by molar-refractivity contribution is 0.938. The van der Waals surface area contributed by atoms with Gasteiger partial charge in [0, 0.05) is 14.9 Å². The molecule has 0 N–H and O–H groups in total. The summed E-state index contributed by atoms with van der Waals surface area (Å²) in [6.45, 7) is 3.77. The fourth-order valence-corrected chi connectivity index (χ4v) is 3.04. The number of nitrogens with zero attached hydrogens (tertiary/aromatic N) is 2. The molecule has 0 amide bonds. The van der Waals surface area contributed by atoms with Gasteiger partial charge in [0.15, 0.2) is 0 Å². The maximum atomic E-state index is 6.05. The Labute approximate surface area is 118 Å². The van der Waals surface area contributed by atoms with Crippen molar-refractivity contribution >= 4 is 39.3 Å². The second-order valence-corrected chi connectivity index (χ2v) is 5.77. The molecule has 0 radical (unpaired) electrons. The van der Waals surface area contributed by atoms with Gasteiger partial charge in [0.25, 0.3) is 0 Å². The Morgan fingerprint density at radius 3 is 2.59 bits per heavy atom. The van der Waals surface area contributed by atoms with Crippen LogP contribution in [0, 0.1) is 13.8 Å². The van der Waals surface area contributed by atoms with Crippen molar-refractivity contribution in [2.24, 2.45) is 0 Å². The minimum atomic E-state index is 0.520. The molecule has 1 aromatic carbocycles. The van der Waals surface area contributed by atoms with E-state index in [1.807, 2.05) is 38.1 Å². The Balaban J connectivity index is 2.40. The van der Waals surface area contributed by atoms with Gasteiger partial charge in [0.05, 0.1) is 0 Å². The predicted molar refractivity (Wildman–Crippen MR) is 74.8 cm³/mol. The number of benzene rings is 1. The van der Waals surface area contributed by atoms with Crippen molar-refractivity contribution in [3.63, 3.8) is 0 Å². The summed E-state index contributed by atoms with van der Waals surface area (Å²) in [5.74, 6) is 0.690. The summed E-state index contributed by atoms with van der Waals surface area (Å²) in [6.07, 6.45) is 0. The van der Waals surface area contributed by atoms with E-state index in [2.05, 4.69) is 25.9 Å².